The molecule has 0 saturated heterocycles. The van der Waals surface area contributed by atoms with E-state index in [2.05, 4.69) is 25.7 Å². The number of carbonyl (C=O) groups is 1. The molecule has 1 amide bonds. The smallest absolute Gasteiger partial charge is 0.255 e. The van der Waals surface area contributed by atoms with Gasteiger partial charge in [-0.15, -0.1) is 0 Å². The van der Waals surface area contributed by atoms with Crippen LogP contribution in [0.3, 0.4) is 0 Å². The van der Waals surface area contributed by atoms with Crippen molar-refractivity contribution >= 4 is 11.6 Å². The molecule has 0 fully saturated rings. The Labute approximate surface area is 138 Å². The van der Waals surface area contributed by atoms with Crippen LogP contribution < -0.4 is 10.1 Å². The Morgan fingerprint density at radius 3 is 2.39 bits per heavy atom. The van der Waals surface area contributed by atoms with Crippen molar-refractivity contribution in [2.24, 2.45) is 0 Å². The Morgan fingerprint density at radius 1 is 1.13 bits per heavy atom. The highest BCUT2D eigenvalue weighted by Crippen LogP contribution is 2.25. The van der Waals surface area contributed by atoms with Crippen LogP contribution in [0.15, 0.2) is 60.7 Å². The second-order valence-electron chi connectivity index (χ2n) is 5.97. The topological polar surface area (TPSA) is 38.3 Å². The fourth-order valence-corrected chi connectivity index (χ4v) is 2.11. The van der Waals surface area contributed by atoms with Crippen molar-refractivity contribution in [1.82, 2.24) is 0 Å². The lowest BCUT2D eigenvalue weighted by molar-refractivity contribution is 0.102. The molecule has 2 aromatic carbocycles. The standard InChI is InChI=1S/C20H23NO2/c1-14(2)13-23-19-8-6-5-7-18(19)21-20(22)17-11-9-16(10-12-17)15(3)4/h5-12,15H,1,13H2,2-4H3,(H,21,22). The van der Waals surface area contributed by atoms with Crippen molar-refractivity contribution < 1.29 is 9.53 Å². The van der Waals surface area contributed by atoms with E-state index in [4.69, 9.17) is 4.74 Å². The summed E-state index contributed by atoms with van der Waals surface area (Å²) in [5.74, 6) is 0.942. The molecule has 0 unspecified atom stereocenters. The van der Waals surface area contributed by atoms with Gasteiger partial charge in [-0.05, 0) is 48.2 Å². The summed E-state index contributed by atoms with van der Waals surface area (Å²) < 4.78 is 5.67. The summed E-state index contributed by atoms with van der Waals surface area (Å²) in [6.45, 7) is 10.4. The largest absolute Gasteiger partial charge is 0.487 e. The van der Waals surface area contributed by atoms with Crippen LogP contribution in [0.2, 0.25) is 0 Å². The first-order chi connectivity index (χ1) is 11.0. The summed E-state index contributed by atoms with van der Waals surface area (Å²) in [6, 6.07) is 15.1. The van der Waals surface area contributed by atoms with Gasteiger partial charge in [-0.25, -0.2) is 0 Å². The number of hydrogen-bond acceptors (Lipinski definition) is 2. The Bertz CT molecular complexity index is 687. The maximum absolute atomic E-state index is 12.4. The average Bonchev–Trinajstić information content (AvgIpc) is 2.54. The number of benzene rings is 2. The number of hydrogen-bond donors (Lipinski definition) is 1. The highest BCUT2D eigenvalue weighted by molar-refractivity contribution is 6.05. The first-order valence-electron chi connectivity index (χ1n) is 7.75. The van der Waals surface area contributed by atoms with E-state index >= 15 is 0 Å². The SMILES string of the molecule is C=C(C)COc1ccccc1NC(=O)c1ccc(C(C)C)cc1. The molecule has 0 aliphatic rings. The summed E-state index contributed by atoms with van der Waals surface area (Å²) in [5, 5.41) is 2.91. The molecule has 0 aliphatic carbocycles. The predicted octanol–water partition coefficient (Wildman–Crippen LogP) is 5.02. The fourth-order valence-electron chi connectivity index (χ4n) is 2.11. The van der Waals surface area contributed by atoms with E-state index in [1.54, 1.807) is 0 Å². The Kier molecular flexibility index (Phi) is 5.58. The number of para-hydroxylation sites is 2. The van der Waals surface area contributed by atoms with Gasteiger partial charge in [-0.3, -0.25) is 4.79 Å². The highest BCUT2D eigenvalue weighted by Gasteiger charge is 2.10. The second kappa shape index (κ2) is 7.63. The van der Waals surface area contributed by atoms with Crippen molar-refractivity contribution in [3.63, 3.8) is 0 Å². The molecule has 23 heavy (non-hydrogen) atoms. The molecule has 0 aliphatic heterocycles. The maximum Gasteiger partial charge on any atom is 0.255 e. The molecular formula is C20H23NO2. The van der Waals surface area contributed by atoms with Gasteiger partial charge in [0.25, 0.3) is 5.91 Å². The second-order valence-corrected chi connectivity index (χ2v) is 5.97. The molecule has 0 aromatic heterocycles. The van der Waals surface area contributed by atoms with E-state index in [9.17, 15) is 4.79 Å². The minimum absolute atomic E-state index is 0.147. The fraction of sp³-hybridized carbons (Fsp3) is 0.250. The lowest BCUT2D eigenvalue weighted by Crippen LogP contribution is -2.13. The van der Waals surface area contributed by atoms with Crippen LogP contribution in [0.1, 0.15) is 42.6 Å². The number of amides is 1. The van der Waals surface area contributed by atoms with E-state index in [1.165, 1.54) is 5.56 Å². The summed E-state index contributed by atoms with van der Waals surface area (Å²) in [5.41, 5.74) is 3.43. The first-order valence-corrected chi connectivity index (χ1v) is 7.75. The van der Waals surface area contributed by atoms with Crippen LogP contribution in [-0.2, 0) is 0 Å². The van der Waals surface area contributed by atoms with Crippen molar-refractivity contribution in [2.45, 2.75) is 26.7 Å². The molecule has 0 bridgehead atoms. The van der Waals surface area contributed by atoms with E-state index < -0.39 is 0 Å². The van der Waals surface area contributed by atoms with Gasteiger partial charge in [0, 0.05) is 5.56 Å². The van der Waals surface area contributed by atoms with Gasteiger partial charge >= 0.3 is 0 Å². The van der Waals surface area contributed by atoms with E-state index in [-0.39, 0.29) is 5.91 Å². The molecule has 120 valence electrons. The Balaban J connectivity index is 2.12. The molecule has 3 heteroatoms. The monoisotopic (exact) mass is 309 g/mol. The Morgan fingerprint density at radius 2 is 1.78 bits per heavy atom. The van der Waals surface area contributed by atoms with Gasteiger partial charge in [0.2, 0.25) is 0 Å². The number of carbonyl (C=O) groups excluding carboxylic acids is 1. The van der Waals surface area contributed by atoms with Crippen LogP contribution in [-0.4, -0.2) is 12.5 Å². The molecular weight excluding hydrogens is 286 g/mol. The Hall–Kier alpha value is -2.55. The molecule has 1 N–H and O–H groups in total. The summed E-state index contributed by atoms with van der Waals surface area (Å²) in [4.78, 5) is 12.4. The summed E-state index contributed by atoms with van der Waals surface area (Å²) in [7, 11) is 0. The zero-order valence-corrected chi connectivity index (χ0v) is 13.9. The quantitative estimate of drug-likeness (QED) is 0.761. The zero-order valence-electron chi connectivity index (χ0n) is 13.9. The maximum atomic E-state index is 12.4. The van der Waals surface area contributed by atoms with Crippen molar-refractivity contribution in [2.75, 3.05) is 11.9 Å². The summed E-state index contributed by atoms with van der Waals surface area (Å²) in [6.07, 6.45) is 0. The number of anilines is 1. The van der Waals surface area contributed by atoms with Gasteiger partial charge in [0.15, 0.2) is 0 Å². The van der Waals surface area contributed by atoms with Gasteiger partial charge in [-0.1, -0.05) is 44.7 Å². The van der Waals surface area contributed by atoms with Gasteiger partial charge in [-0.2, -0.15) is 0 Å². The number of ether oxygens (including phenoxy) is 1. The van der Waals surface area contributed by atoms with E-state index in [0.717, 1.165) is 5.57 Å². The van der Waals surface area contributed by atoms with Crippen LogP contribution in [0.4, 0.5) is 5.69 Å². The predicted molar refractivity (Wildman–Crippen MR) is 95.2 cm³/mol. The molecule has 0 heterocycles. The van der Waals surface area contributed by atoms with Crippen LogP contribution in [0, 0.1) is 0 Å². The van der Waals surface area contributed by atoms with Crippen LogP contribution >= 0.6 is 0 Å². The van der Waals surface area contributed by atoms with Crippen LogP contribution in [0.5, 0.6) is 5.75 Å². The normalized spacial score (nSPS) is 10.4. The third kappa shape index (κ3) is 4.71. The van der Waals surface area contributed by atoms with Crippen molar-refractivity contribution in [3.8, 4) is 5.75 Å². The van der Waals surface area contributed by atoms with Gasteiger partial charge < -0.3 is 10.1 Å². The molecule has 2 aromatic rings. The van der Waals surface area contributed by atoms with E-state index in [1.807, 2.05) is 55.5 Å². The molecule has 0 radical (unpaired) electrons. The number of nitrogens with one attached hydrogen (secondary N) is 1. The molecule has 0 spiro atoms. The third-order valence-electron chi connectivity index (χ3n) is 3.45. The van der Waals surface area contributed by atoms with Gasteiger partial charge in [0.1, 0.15) is 12.4 Å². The first kappa shape index (κ1) is 16.8. The number of rotatable bonds is 6. The minimum Gasteiger partial charge on any atom is -0.487 e. The molecule has 0 saturated carbocycles. The van der Waals surface area contributed by atoms with Crippen LogP contribution in [0.25, 0.3) is 0 Å². The van der Waals surface area contributed by atoms with E-state index in [0.29, 0.717) is 29.5 Å². The van der Waals surface area contributed by atoms with Crippen molar-refractivity contribution in [3.05, 3.63) is 71.8 Å². The lowest BCUT2D eigenvalue weighted by Gasteiger charge is -2.13. The zero-order chi connectivity index (χ0) is 16.8. The molecule has 3 nitrogen and oxygen atoms in total. The summed E-state index contributed by atoms with van der Waals surface area (Å²) >= 11 is 0. The molecule has 2 rings (SSSR count). The van der Waals surface area contributed by atoms with Crippen molar-refractivity contribution in [1.29, 1.82) is 0 Å². The third-order valence-corrected chi connectivity index (χ3v) is 3.45. The molecule has 0 atom stereocenters. The minimum atomic E-state index is -0.147. The average molecular weight is 309 g/mol. The van der Waals surface area contributed by atoms with Gasteiger partial charge in [0.05, 0.1) is 5.69 Å². The highest BCUT2D eigenvalue weighted by atomic mass is 16.5. The lowest BCUT2D eigenvalue weighted by atomic mass is 10.0.